The summed E-state index contributed by atoms with van der Waals surface area (Å²) in [6.07, 6.45) is 18.4. The van der Waals surface area contributed by atoms with Gasteiger partial charge in [0.25, 0.3) is 6.71 Å². The zero-order chi connectivity index (χ0) is 50.6. The lowest BCUT2D eigenvalue weighted by Crippen LogP contribution is -2.61. The summed E-state index contributed by atoms with van der Waals surface area (Å²) in [5.74, 6) is 0. The van der Waals surface area contributed by atoms with E-state index in [9.17, 15) is 0 Å². The zero-order valence-corrected chi connectivity index (χ0v) is 48.3. The van der Waals surface area contributed by atoms with E-state index in [1.54, 1.807) is 43.1 Å². The fraction of sp³-hybridized carbons (Fsp3) is 0.576. The molecule has 0 spiro atoms. The molecule has 2 aliphatic heterocycles. The number of benzene rings is 3. The van der Waals surface area contributed by atoms with Crippen molar-refractivity contribution in [1.82, 2.24) is 0 Å². The molecule has 4 aromatic rings. The number of nitrogens with zero attached hydrogens (tertiary/aromatic N) is 2. The minimum atomic E-state index is -0.0915. The van der Waals surface area contributed by atoms with E-state index in [4.69, 9.17) is 0 Å². The summed E-state index contributed by atoms with van der Waals surface area (Å²) in [5, 5.41) is 0. The van der Waals surface area contributed by atoms with Crippen molar-refractivity contribution in [2.75, 3.05) is 9.80 Å². The molecule has 0 atom stereocenters. The Hall–Kier alpha value is -3.76. The van der Waals surface area contributed by atoms with Crippen molar-refractivity contribution >= 4 is 62.2 Å². The average molecular weight is 951 g/mol. The number of anilines is 5. The van der Waals surface area contributed by atoms with Crippen molar-refractivity contribution in [2.24, 2.45) is 10.8 Å². The molecule has 0 bridgehead atoms. The topological polar surface area (TPSA) is 6.48 Å². The lowest BCUT2D eigenvalue weighted by Gasteiger charge is -2.49. The molecule has 3 heterocycles. The van der Waals surface area contributed by atoms with Crippen LogP contribution in [0.4, 0.5) is 28.4 Å². The highest BCUT2D eigenvalue weighted by molar-refractivity contribution is 7.29. The Morgan fingerprint density at radius 3 is 1.59 bits per heavy atom. The number of fused-ring (bicyclic) bond motifs is 8. The van der Waals surface area contributed by atoms with Crippen molar-refractivity contribution in [3.05, 3.63) is 115 Å². The molecule has 2 nitrogen and oxygen atoms in total. The molecule has 7 aliphatic rings. The predicted molar refractivity (Wildman–Crippen MR) is 307 cm³/mol. The molecule has 0 saturated carbocycles. The Morgan fingerprint density at radius 2 is 1.00 bits per heavy atom. The third-order valence-electron chi connectivity index (χ3n) is 20.2. The highest BCUT2D eigenvalue weighted by atomic mass is 32.1. The van der Waals surface area contributed by atoms with Crippen LogP contribution in [0, 0.1) is 17.8 Å². The molecule has 1 aromatic heterocycles. The predicted octanol–water partition coefficient (Wildman–Crippen LogP) is 17.1. The summed E-state index contributed by atoms with van der Waals surface area (Å²) in [7, 11) is 0. The maximum absolute atomic E-state index is 2.86. The van der Waals surface area contributed by atoms with Crippen LogP contribution in [0.15, 0.2) is 71.5 Å². The van der Waals surface area contributed by atoms with E-state index >= 15 is 0 Å². The van der Waals surface area contributed by atoms with E-state index in [0.29, 0.717) is 0 Å². The van der Waals surface area contributed by atoms with Crippen LogP contribution in [0.25, 0.3) is 0 Å². The molecular formula is C66H87BN2S. The van der Waals surface area contributed by atoms with Crippen LogP contribution >= 0.6 is 11.3 Å². The van der Waals surface area contributed by atoms with Gasteiger partial charge in [0.15, 0.2) is 0 Å². The minimum absolute atomic E-state index is 0.0207. The molecular weight excluding hydrogens is 864 g/mol. The van der Waals surface area contributed by atoms with E-state index in [2.05, 4.69) is 214 Å². The number of rotatable bonds is 2. The van der Waals surface area contributed by atoms with Crippen molar-refractivity contribution in [1.29, 1.82) is 0 Å². The van der Waals surface area contributed by atoms with Gasteiger partial charge >= 0.3 is 0 Å². The second-order valence-corrected chi connectivity index (χ2v) is 31.1. The third kappa shape index (κ3) is 6.95. The second kappa shape index (κ2) is 14.7. The van der Waals surface area contributed by atoms with Crippen molar-refractivity contribution in [2.45, 2.75) is 234 Å². The normalized spacial score (nSPS) is 24.3. The Bertz CT molecular complexity index is 3030. The molecule has 4 heteroatoms. The van der Waals surface area contributed by atoms with Gasteiger partial charge in [0.05, 0.1) is 5.69 Å². The summed E-state index contributed by atoms with van der Waals surface area (Å²) in [4.78, 5) is 7.29. The summed E-state index contributed by atoms with van der Waals surface area (Å²) < 4.78 is 1.56. The maximum atomic E-state index is 2.86. The van der Waals surface area contributed by atoms with E-state index < -0.39 is 0 Å². The van der Waals surface area contributed by atoms with Crippen molar-refractivity contribution < 1.29 is 0 Å². The Balaban J connectivity index is 1.32. The van der Waals surface area contributed by atoms with Gasteiger partial charge in [-0.05, 0) is 205 Å². The lowest BCUT2D eigenvalue weighted by atomic mass is 9.35. The quantitative estimate of drug-likeness (QED) is 0.163. The molecule has 0 saturated heterocycles. The summed E-state index contributed by atoms with van der Waals surface area (Å²) in [6, 6.07) is 16.1. The zero-order valence-electron chi connectivity index (χ0n) is 47.4. The van der Waals surface area contributed by atoms with Gasteiger partial charge in [-0.2, -0.15) is 11.3 Å². The highest BCUT2D eigenvalue weighted by Gasteiger charge is 2.53. The summed E-state index contributed by atoms with van der Waals surface area (Å²) in [5.41, 5.74) is 25.7. The van der Waals surface area contributed by atoms with Crippen LogP contribution < -0.4 is 25.5 Å². The second-order valence-electron chi connectivity index (χ2n) is 30.1. The standard InChI is InChI=1S/C66H87BN2S/c1-39-32-43-46(63(13,14)28-26-60(43,7)8)37-49(39)69-50-38-47-45(62(11,12)27-29-64(47,15)16)36-48(50)67-54-51(33-40(34-52(54)69)58(2,3)4)68(55-53-56(70-57(55)67)66(19,20)31-30-65(53,17)18)41-22-21-23-42-44(35-41)61(9,10)25-24-59(42,5)6/h21-22,32-38H,23-31H2,1-20H3. The van der Waals surface area contributed by atoms with Gasteiger partial charge in [0, 0.05) is 38.1 Å². The molecule has 3 aromatic carbocycles. The van der Waals surface area contributed by atoms with Gasteiger partial charge < -0.3 is 9.80 Å². The molecule has 0 amide bonds. The SMILES string of the molecule is Cc1cc2c(cc1N1c3cc4c(cc3B3c5sc6c(c5N(C5=CC7=C(CC=C5)C(C)(C)CCC7(C)C)c5cc(C(C)(C)C)cc1c53)C(C)(C)CCC6(C)C)C(C)(C)CCC4(C)C)C(C)(C)CCC2(C)C. The largest absolute Gasteiger partial charge is 0.311 e. The van der Waals surface area contributed by atoms with E-state index in [1.807, 2.05) is 0 Å². The first-order chi connectivity index (χ1) is 32.2. The highest BCUT2D eigenvalue weighted by Crippen LogP contribution is 2.59. The first-order valence-corrected chi connectivity index (χ1v) is 28.4. The van der Waals surface area contributed by atoms with E-state index in [-0.39, 0.29) is 55.4 Å². The van der Waals surface area contributed by atoms with Gasteiger partial charge in [-0.15, -0.1) is 0 Å². The molecule has 0 fully saturated rings. The number of hydrogen-bond donors (Lipinski definition) is 0. The Morgan fingerprint density at radius 1 is 0.514 bits per heavy atom. The Labute approximate surface area is 430 Å². The first kappa shape index (κ1) is 48.5. The molecule has 0 N–H and O–H groups in total. The molecule has 70 heavy (non-hydrogen) atoms. The van der Waals surface area contributed by atoms with Crippen molar-refractivity contribution in [3.8, 4) is 0 Å². The van der Waals surface area contributed by atoms with Gasteiger partial charge in [-0.3, -0.25) is 0 Å². The van der Waals surface area contributed by atoms with Crippen LogP contribution in [-0.2, 0) is 37.9 Å². The number of thiophene rings is 1. The summed E-state index contributed by atoms with van der Waals surface area (Å²) >= 11 is 2.19. The molecule has 0 unspecified atom stereocenters. The third-order valence-corrected chi connectivity index (χ3v) is 21.8. The van der Waals surface area contributed by atoms with Gasteiger partial charge in [0.2, 0.25) is 0 Å². The monoisotopic (exact) mass is 951 g/mol. The average Bonchev–Trinajstić information content (AvgIpc) is 3.53. The first-order valence-electron chi connectivity index (χ1n) is 27.6. The lowest BCUT2D eigenvalue weighted by molar-refractivity contribution is 0.264. The number of hydrogen-bond acceptors (Lipinski definition) is 3. The maximum Gasteiger partial charge on any atom is 0.264 e. The fourth-order valence-electron chi connectivity index (χ4n) is 14.7. The van der Waals surface area contributed by atoms with Crippen LogP contribution in [0.3, 0.4) is 0 Å². The molecule has 11 rings (SSSR count). The van der Waals surface area contributed by atoms with Gasteiger partial charge in [-0.25, -0.2) is 0 Å². The van der Waals surface area contributed by atoms with Gasteiger partial charge in [0.1, 0.15) is 0 Å². The smallest absolute Gasteiger partial charge is 0.264 e. The number of aryl methyl sites for hydroxylation is 1. The molecule has 0 radical (unpaired) electrons. The summed E-state index contributed by atoms with van der Waals surface area (Å²) in [6.45, 7) is 50.3. The molecule has 370 valence electrons. The van der Waals surface area contributed by atoms with E-state index in [0.717, 1.165) is 6.42 Å². The van der Waals surface area contributed by atoms with Crippen LogP contribution in [0.1, 0.15) is 233 Å². The minimum Gasteiger partial charge on any atom is -0.311 e. The fourth-order valence-corrected chi connectivity index (χ4v) is 16.5. The number of allylic oxidation sites excluding steroid dienone is 5. The Kier molecular flexibility index (Phi) is 10.2. The van der Waals surface area contributed by atoms with E-state index in [1.165, 1.54) is 113 Å². The van der Waals surface area contributed by atoms with Crippen LogP contribution in [-0.4, -0.2) is 6.71 Å². The molecule has 5 aliphatic carbocycles. The van der Waals surface area contributed by atoms with Crippen molar-refractivity contribution in [3.63, 3.8) is 0 Å². The van der Waals surface area contributed by atoms with Crippen LogP contribution in [0.2, 0.25) is 0 Å². The van der Waals surface area contributed by atoms with Crippen LogP contribution in [0.5, 0.6) is 0 Å². The van der Waals surface area contributed by atoms with Gasteiger partial charge in [-0.1, -0.05) is 155 Å².